The van der Waals surface area contributed by atoms with Gasteiger partial charge >= 0.3 is 6.09 Å². The molecule has 23 heavy (non-hydrogen) atoms. The zero-order valence-corrected chi connectivity index (χ0v) is 14.1. The maximum absolute atomic E-state index is 11.8. The van der Waals surface area contributed by atoms with Gasteiger partial charge in [-0.25, -0.2) is 9.78 Å². The van der Waals surface area contributed by atoms with Crippen molar-refractivity contribution in [3.05, 3.63) is 23.7 Å². The van der Waals surface area contributed by atoms with Crippen molar-refractivity contribution in [3.8, 4) is 11.4 Å². The van der Waals surface area contributed by atoms with Gasteiger partial charge in [-0.15, -0.1) is 11.3 Å². The van der Waals surface area contributed by atoms with E-state index in [2.05, 4.69) is 20.6 Å². The number of alkyl carbamates (subject to hydrolysis) is 1. The van der Waals surface area contributed by atoms with Crippen LogP contribution in [0, 0.1) is 0 Å². The Bertz CT molecular complexity index is 659. The van der Waals surface area contributed by atoms with Crippen LogP contribution in [0.5, 0.6) is 0 Å². The number of H-pyrrole nitrogens is 1. The quantitative estimate of drug-likeness (QED) is 0.782. The zero-order chi connectivity index (χ0) is 16.9. The standard InChI is InChI=1S/C15H20N4O3S/c1-15(2,3)22-14(21)17-8-6-12(20)19-13-18-11(9-23-13)10-5-4-7-16-10/h4-5,7,9,16H,6,8H2,1-3H3,(H,17,21)(H,18,19,20). The Morgan fingerprint density at radius 3 is 2.83 bits per heavy atom. The van der Waals surface area contributed by atoms with Crippen LogP contribution >= 0.6 is 11.3 Å². The molecule has 0 fully saturated rings. The molecular formula is C15H20N4O3S. The minimum Gasteiger partial charge on any atom is -0.444 e. The number of hydrogen-bond donors (Lipinski definition) is 3. The van der Waals surface area contributed by atoms with Crippen molar-refractivity contribution in [1.29, 1.82) is 0 Å². The van der Waals surface area contributed by atoms with Crippen LogP contribution in [0.3, 0.4) is 0 Å². The topological polar surface area (TPSA) is 96.1 Å². The highest BCUT2D eigenvalue weighted by Gasteiger charge is 2.16. The number of nitrogens with zero attached hydrogens (tertiary/aromatic N) is 1. The number of aromatic amines is 1. The number of nitrogens with one attached hydrogen (secondary N) is 3. The highest BCUT2D eigenvalue weighted by atomic mass is 32.1. The molecular weight excluding hydrogens is 316 g/mol. The van der Waals surface area contributed by atoms with Gasteiger partial charge in [-0.3, -0.25) is 4.79 Å². The number of ether oxygens (including phenoxy) is 1. The van der Waals surface area contributed by atoms with E-state index in [1.807, 2.05) is 23.7 Å². The van der Waals surface area contributed by atoms with E-state index >= 15 is 0 Å². The van der Waals surface area contributed by atoms with Gasteiger partial charge in [0.05, 0.1) is 11.4 Å². The molecule has 3 N–H and O–H groups in total. The minimum atomic E-state index is -0.554. The highest BCUT2D eigenvalue weighted by molar-refractivity contribution is 7.14. The van der Waals surface area contributed by atoms with E-state index in [0.29, 0.717) is 5.13 Å². The number of amides is 2. The molecule has 2 amide bonds. The molecule has 0 saturated heterocycles. The molecule has 2 rings (SSSR count). The van der Waals surface area contributed by atoms with Crippen molar-refractivity contribution in [3.63, 3.8) is 0 Å². The molecule has 7 nitrogen and oxygen atoms in total. The van der Waals surface area contributed by atoms with E-state index in [1.165, 1.54) is 11.3 Å². The Labute approximate surface area is 138 Å². The van der Waals surface area contributed by atoms with Crippen LogP contribution in [-0.4, -0.2) is 34.1 Å². The maximum atomic E-state index is 11.8. The smallest absolute Gasteiger partial charge is 0.407 e. The summed E-state index contributed by atoms with van der Waals surface area (Å²) in [4.78, 5) is 30.7. The van der Waals surface area contributed by atoms with Gasteiger partial charge < -0.3 is 20.4 Å². The normalized spacial score (nSPS) is 11.1. The molecule has 0 aliphatic rings. The van der Waals surface area contributed by atoms with Crippen molar-refractivity contribution in [2.75, 3.05) is 11.9 Å². The van der Waals surface area contributed by atoms with E-state index < -0.39 is 11.7 Å². The van der Waals surface area contributed by atoms with Crippen LogP contribution < -0.4 is 10.6 Å². The molecule has 2 aromatic rings. The monoisotopic (exact) mass is 336 g/mol. The van der Waals surface area contributed by atoms with Crippen molar-refractivity contribution >= 4 is 28.5 Å². The number of rotatable bonds is 5. The minimum absolute atomic E-state index is 0.149. The first-order valence-electron chi connectivity index (χ1n) is 7.19. The van der Waals surface area contributed by atoms with Crippen molar-refractivity contribution < 1.29 is 14.3 Å². The molecule has 0 aliphatic carbocycles. The van der Waals surface area contributed by atoms with Gasteiger partial charge in [0, 0.05) is 24.5 Å². The maximum Gasteiger partial charge on any atom is 0.407 e. The number of thiazole rings is 1. The lowest BCUT2D eigenvalue weighted by molar-refractivity contribution is -0.116. The summed E-state index contributed by atoms with van der Waals surface area (Å²) in [5.74, 6) is -0.214. The number of carbonyl (C=O) groups is 2. The first-order valence-corrected chi connectivity index (χ1v) is 8.07. The van der Waals surface area contributed by atoms with Crippen LogP contribution in [-0.2, 0) is 9.53 Å². The van der Waals surface area contributed by atoms with Crippen LogP contribution in [0.15, 0.2) is 23.7 Å². The summed E-state index contributed by atoms with van der Waals surface area (Å²) in [6.45, 7) is 5.55. The lowest BCUT2D eigenvalue weighted by Gasteiger charge is -2.19. The van der Waals surface area contributed by atoms with Gasteiger partial charge in [0.25, 0.3) is 0 Å². The molecule has 2 heterocycles. The van der Waals surface area contributed by atoms with Gasteiger partial charge in [-0.2, -0.15) is 0 Å². The summed E-state index contributed by atoms with van der Waals surface area (Å²) >= 11 is 1.35. The average molecular weight is 336 g/mol. The number of aromatic nitrogens is 2. The number of hydrogen-bond acceptors (Lipinski definition) is 5. The Hall–Kier alpha value is -2.35. The fraction of sp³-hybridized carbons (Fsp3) is 0.400. The van der Waals surface area contributed by atoms with E-state index in [9.17, 15) is 9.59 Å². The van der Waals surface area contributed by atoms with Gasteiger partial charge in [0.1, 0.15) is 5.60 Å². The molecule has 0 bridgehead atoms. The molecule has 0 radical (unpaired) electrons. The fourth-order valence-corrected chi connectivity index (χ4v) is 2.45. The van der Waals surface area contributed by atoms with Crippen LogP contribution in [0.25, 0.3) is 11.4 Å². The third kappa shape index (κ3) is 5.74. The third-order valence-electron chi connectivity index (χ3n) is 2.64. The second kappa shape index (κ2) is 7.28. The van der Waals surface area contributed by atoms with Crippen molar-refractivity contribution in [2.45, 2.75) is 32.8 Å². The zero-order valence-electron chi connectivity index (χ0n) is 13.3. The van der Waals surface area contributed by atoms with Crippen molar-refractivity contribution in [1.82, 2.24) is 15.3 Å². The number of carbonyl (C=O) groups excluding carboxylic acids is 2. The van der Waals surface area contributed by atoms with Gasteiger partial charge in [0.15, 0.2) is 5.13 Å². The summed E-state index contributed by atoms with van der Waals surface area (Å²) in [5.41, 5.74) is 1.12. The van der Waals surface area contributed by atoms with E-state index in [-0.39, 0.29) is 18.9 Å². The lowest BCUT2D eigenvalue weighted by Crippen LogP contribution is -2.34. The fourth-order valence-electron chi connectivity index (χ4n) is 1.72. The van der Waals surface area contributed by atoms with E-state index in [0.717, 1.165) is 11.4 Å². The van der Waals surface area contributed by atoms with Crippen LogP contribution in [0.4, 0.5) is 9.93 Å². The van der Waals surface area contributed by atoms with Crippen LogP contribution in [0.1, 0.15) is 27.2 Å². The van der Waals surface area contributed by atoms with Crippen LogP contribution in [0.2, 0.25) is 0 Å². The van der Waals surface area contributed by atoms with Crippen molar-refractivity contribution in [2.24, 2.45) is 0 Å². The largest absolute Gasteiger partial charge is 0.444 e. The highest BCUT2D eigenvalue weighted by Crippen LogP contribution is 2.23. The first-order chi connectivity index (χ1) is 10.8. The Morgan fingerprint density at radius 2 is 2.17 bits per heavy atom. The second-order valence-corrected chi connectivity index (χ2v) is 6.71. The van der Waals surface area contributed by atoms with E-state index in [4.69, 9.17) is 4.74 Å². The predicted octanol–water partition coefficient (Wildman–Crippen LogP) is 2.99. The second-order valence-electron chi connectivity index (χ2n) is 5.85. The first kappa shape index (κ1) is 17.0. The molecule has 0 atom stereocenters. The molecule has 0 aliphatic heterocycles. The summed E-state index contributed by atoms with van der Waals surface area (Å²) in [5, 5.41) is 7.63. The molecule has 0 saturated carbocycles. The van der Waals surface area contributed by atoms with Gasteiger partial charge in [-0.1, -0.05) is 0 Å². The molecule has 0 spiro atoms. The Morgan fingerprint density at radius 1 is 1.39 bits per heavy atom. The lowest BCUT2D eigenvalue weighted by atomic mass is 10.2. The molecule has 0 unspecified atom stereocenters. The molecule has 2 aromatic heterocycles. The summed E-state index contributed by atoms with van der Waals surface area (Å²) in [6, 6.07) is 3.79. The molecule has 8 heteroatoms. The van der Waals surface area contributed by atoms with E-state index in [1.54, 1.807) is 20.8 Å². The predicted molar refractivity (Wildman–Crippen MR) is 89.4 cm³/mol. The molecule has 124 valence electrons. The third-order valence-corrected chi connectivity index (χ3v) is 3.40. The van der Waals surface area contributed by atoms with Gasteiger partial charge in [0.2, 0.25) is 5.91 Å². The Kier molecular flexibility index (Phi) is 5.38. The SMILES string of the molecule is CC(C)(C)OC(=O)NCCC(=O)Nc1nc(-c2ccc[nH]2)cs1. The molecule has 0 aromatic carbocycles. The number of anilines is 1. The Balaban J connectivity index is 1.74. The van der Waals surface area contributed by atoms with Gasteiger partial charge in [-0.05, 0) is 32.9 Å². The summed E-state index contributed by atoms with van der Waals surface area (Å²) < 4.78 is 5.09. The average Bonchev–Trinajstić information content (AvgIpc) is 3.06. The summed E-state index contributed by atoms with van der Waals surface area (Å²) in [6.07, 6.45) is 1.43. The summed E-state index contributed by atoms with van der Waals surface area (Å²) in [7, 11) is 0.